The predicted octanol–water partition coefficient (Wildman–Crippen LogP) is 2.77. The molecule has 7 nitrogen and oxygen atoms in total. The van der Waals surface area contributed by atoms with E-state index < -0.39 is 0 Å². The molecule has 0 bridgehead atoms. The molecule has 2 amide bonds. The molecule has 0 fully saturated rings. The number of nitrogens with two attached hydrogens (primary N) is 1. The average Bonchev–Trinajstić information content (AvgIpc) is 3.15. The Bertz CT molecular complexity index is 736. The summed E-state index contributed by atoms with van der Waals surface area (Å²) in [5.74, 6) is -0.417. The molecule has 156 valence electrons. The molecule has 0 spiro atoms. The number of nitrogens with zero attached hydrogens (tertiary/aromatic N) is 2. The van der Waals surface area contributed by atoms with Gasteiger partial charge in [0, 0.05) is 36.3 Å². The van der Waals surface area contributed by atoms with Crippen LogP contribution in [0.4, 0.5) is 5.69 Å². The molecule has 0 aliphatic heterocycles. The number of nitrogens with one attached hydrogen (secondary N) is 2. The maximum atomic E-state index is 12.2. The molecule has 1 aromatic carbocycles. The van der Waals surface area contributed by atoms with Crippen LogP contribution >= 0.6 is 36.2 Å². The van der Waals surface area contributed by atoms with E-state index in [0.717, 1.165) is 19.6 Å². The van der Waals surface area contributed by atoms with Crippen molar-refractivity contribution in [2.45, 2.75) is 20.4 Å². The Balaban J connectivity index is 0.00000364. The van der Waals surface area contributed by atoms with Crippen molar-refractivity contribution < 1.29 is 9.59 Å². The number of thiazole rings is 1. The second-order valence-corrected chi connectivity index (χ2v) is 6.59. The summed E-state index contributed by atoms with van der Waals surface area (Å²) in [6.45, 7) is 7.87. The molecule has 4 N–H and O–H groups in total. The molecule has 0 atom stereocenters. The van der Waals surface area contributed by atoms with Gasteiger partial charge in [-0.3, -0.25) is 9.59 Å². The lowest BCUT2D eigenvalue weighted by atomic mass is 10.2. The van der Waals surface area contributed by atoms with Gasteiger partial charge in [0.1, 0.15) is 10.7 Å². The molecule has 0 aliphatic rings. The standard InChI is InChI=1S/C18H25N5O2S.2ClH/c1-3-23(4-2)10-9-20-17(24)13-5-7-14(8-6-13)21-18(25)15-12-26-16(11-19)22-15;;/h5-8,12H,3-4,9-11,19H2,1-2H3,(H,20,24)(H,21,25);2*1H. The van der Waals surface area contributed by atoms with Crippen molar-refractivity contribution in [2.75, 3.05) is 31.5 Å². The van der Waals surface area contributed by atoms with Gasteiger partial charge in [0.2, 0.25) is 0 Å². The van der Waals surface area contributed by atoms with Crippen LogP contribution in [0.25, 0.3) is 0 Å². The largest absolute Gasteiger partial charge is 0.351 e. The van der Waals surface area contributed by atoms with E-state index in [1.807, 2.05) is 0 Å². The van der Waals surface area contributed by atoms with Crippen molar-refractivity contribution in [1.29, 1.82) is 0 Å². The zero-order valence-electron chi connectivity index (χ0n) is 15.9. The second-order valence-electron chi connectivity index (χ2n) is 5.64. The van der Waals surface area contributed by atoms with E-state index in [2.05, 4.69) is 34.4 Å². The molecule has 1 heterocycles. The Morgan fingerprint density at radius 1 is 1.11 bits per heavy atom. The minimum Gasteiger partial charge on any atom is -0.351 e. The van der Waals surface area contributed by atoms with Gasteiger partial charge in [-0.15, -0.1) is 36.2 Å². The van der Waals surface area contributed by atoms with E-state index in [4.69, 9.17) is 5.73 Å². The number of halogens is 2. The number of carbonyl (C=O) groups is 2. The third-order valence-corrected chi connectivity index (χ3v) is 4.84. The van der Waals surface area contributed by atoms with E-state index in [9.17, 15) is 9.59 Å². The summed E-state index contributed by atoms with van der Waals surface area (Å²) >= 11 is 1.35. The lowest BCUT2D eigenvalue weighted by Crippen LogP contribution is -2.34. The van der Waals surface area contributed by atoms with Gasteiger partial charge in [0.25, 0.3) is 11.8 Å². The smallest absolute Gasteiger partial charge is 0.275 e. The Hall–Kier alpha value is -1.71. The van der Waals surface area contributed by atoms with Crippen LogP contribution < -0.4 is 16.4 Å². The summed E-state index contributed by atoms with van der Waals surface area (Å²) in [7, 11) is 0. The number of rotatable bonds is 9. The Morgan fingerprint density at radius 3 is 2.29 bits per heavy atom. The molecular formula is C18H27Cl2N5O2S. The first-order valence-corrected chi connectivity index (χ1v) is 9.51. The number of hydrogen-bond acceptors (Lipinski definition) is 6. The maximum absolute atomic E-state index is 12.2. The van der Waals surface area contributed by atoms with E-state index in [1.165, 1.54) is 11.3 Å². The highest BCUT2D eigenvalue weighted by atomic mass is 35.5. The fraction of sp³-hybridized carbons (Fsp3) is 0.389. The van der Waals surface area contributed by atoms with Crippen LogP contribution in [-0.2, 0) is 6.54 Å². The van der Waals surface area contributed by atoms with Crippen molar-refractivity contribution >= 4 is 53.7 Å². The highest BCUT2D eigenvalue weighted by Gasteiger charge is 2.11. The van der Waals surface area contributed by atoms with Crippen molar-refractivity contribution in [3.8, 4) is 0 Å². The van der Waals surface area contributed by atoms with Crippen LogP contribution in [0.3, 0.4) is 0 Å². The molecule has 0 unspecified atom stereocenters. The third kappa shape index (κ3) is 7.73. The average molecular weight is 448 g/mol. The zero-order chi connectivity index (χ0) is 18.9. The van der Waals surface area contributed by atoms with Crippen LogP contribution in [0, 0.1) is 0 Å². The van der Waals surface area contributed by atoms with Gasteiger partial charge in [-0.25, -0.2) is 4.98 Å². The fourth-order valence-corrected chi connectivity index (χ4v) is 3.03. The number of carbonyl (C=O) groups excluding carboxylic acids is 2. The maximum Gasteiger partial charge on any atom is 0.275 e. The van der Waals surface area contributed by atoms with Crippen LogP contribution in [0.1, 0.15) is 39.7 Å². The van der Waals surface area contributed by atoms with Crippen LogP contribution in [0.5, 0.6) is 0 Å². The van der Waals surface area contributed by atoms with Gasteiger partial charge in [-0.2, -0.15) is 0 Å². The second kappa shape index (κ2) is 13.5. The molecule has 10 heteroatoms. The monoisotopic (exact) mass is 447 g/mol. The lowest BCUT2D eigenvalue weighted by Gasteiger charge is -2.17. The van der Waals surface area contributed by atoms with Gasteiger partial charge < -0.3 is 21.3 Å². The third-order valence-electron chi connectivity index (χ3n) is 3.97. The van der Waals surface area contributed by atoms with E-state index in [0.29, 0.717) is 35.0 Å². The molecule has 2 aromatic rings. The molecule has 0 saturated carbocycles. The predicted molar refractivity (Wildman–Crippen MR) is 119 cm³/mol. The first kappa shape index (κ1) is 26.3. The summed E-state index contributed by atoms with van der Waals surface area (Å²) in [6, 6.07) is 6.78. The van der Waals surface area contributed by atoms with Crippen molar-refractivity contribution in [1.82, 2.24) is 15.2 Å². The van der Waals surface area contributed by atoms with Gasteiger partial charge in [0.15, 0.2) is 0 Å². The van der Waals surface area contributed by atoms with Gasteiger partial charge in [0.05, 0.1) is 0 Å². The number of amides is 2. The summed E-state index contributed by atoms with van der Waals surface area (Å²) < 4.78 is 0. The summed E-state index contributed by atoms with van der Waals surface area (Å²) in [6.07, 6.45) is 0. The summed E-state index contributed by atoms with van der Waals surface area (Å²) in [4.78, 5) is 30.7. The number of aromatic nitrogens is 1. The molecule has 0 radical (unpaired) electrons. The van der Waals surface area contributed by atoms with Gasteiger partial charge >= 0.3 is 0 Å². The number of likely N-dealkylation sites (N-methyl/N-ethyl adjacent to an activating group) is 1. The number of benzene rings is 1. The van der Waals surface area contributed by atoms with Crippen LogP contribution in [0.2, 0.25) is 0 Å². The van der Waals surface area contributed by atoms with E-state index in [-0.39, 0.29) is 36.6 Å². The van der Waals surface area contributed by atoms with Crippen molar-refractivity contribution in [3.63, 3.8) is 0 Å². The number of hydrogen-bond donors (Lipinski definition) is 3. The zero-order valence-corrected chi connectivity index (χ0v) is 18.4. The van der Waals surface area contributed by atoms with Gasteiger partial charge in [-0.05, 0) is 37.4 Å². The topological polar surface area (TPSA) is 100 Å². The quantitative estimate of drug-likeness (QED) is 0.548. The van der Waals surface area contributed by atoms with E-state index >= 15 is 0 Å². The Labute approximate surface area is 181 Å². The molecule has 2 rings (SSSR count). The highest BCUT2D eigenvalue weighted by molar-refractivity contribution is 7.09. The Kier molecular flexibility index (Phi) is 12.6. The van der Waals surface area contributed by atoms with Crippen LogP contribution in [-0.4, -0.2) is 47.9 Å². The van der Waals surface area contributed by atoms with Gasteiger partial charge in [-0.1, -0.05) is 13.8 Å². The molecule has 0 saturated heterocycles. The lowest BCUT2D eigenvalue weighted by molar-refractivity contribution is 0.0948. The molecule has 1 aromatic heterocycles. The number of anilines is 1. The first-order chi connectivity index (χ1) is 12.6. The minimum atomic E-state index is -0.294. The minimum absolute atomic E-state index is 0. The molecule has 0 aliphatic carbocycles. The molecular weight excluding hydrogens is 421 g/mol. The van der Waals surface area contributed by atoms with Crippen LogP contribution in [0.15, 0.2) is 29.6 Å². The summed E-state index contributed by atoms with van der Waals surface area (Å²) in [5.41, 5.74) is 7.01. The normalized spacial score (nSPS) is 10.0. The Morgan fingerprint density at radius 2 is 1.75 bits per heavy atom. The first-order valence-electron chi connectivity index (χ1n) is 8.63. The molecule has 28 heavy (non-hydrogen) atoms. The fourth-order valence-electron chi connectivity index (χ4n) is 2.38. The van der Waals surface area contributed by atoms with E-state index in [1.54, 1.807) is 29.6 Å². The van der Waals surface area contributed by atoms with Crippen molar-refractivity contribution in [2.24, 2.45) is 5.73 Å². The SMILES string of the molecule is CCN(CC)CCNC(=O)c1ccc(NC(=O)c2csc(CN)n2)cc1.Cl.Cl. The van der Waals surface area contributed by atoms with Crippen molar-refractivity contribution in [3.05, 3.63) is 45.9 Å². The highest BCUT2D eigenvalue weighted by Crippen LogP contribution is 2.13. The summed E-state index contributed by atoms with van der Waals surface area (Å²) in [5, 5.41) is 8.06.